The molecule has 16 heavy (non-hydrogen) atoms. The molecule has 0 aliphatic rings. The summed E-state index contributed by atoms with van der Waals surface area (Å²) in [6, 6.07) is 0. The number of hydrogen-bond acceptors (Lipinski definition) is 2. The minimum Gasteiger partial charge on any atom is -0.252 e. The Morgan fingerprint density at radius 2 is 2.19 bits per heavy atom. The predicted molar refractivity (Wildman–Crippen MR) is 67.6 cm³/mol. The lowest BCUT2D eigenvalue weighted by atomic mass is 9.99. The maximum absolute atomic E-state index is 5.95. The van der Waals surface area contributed by atoms with Crippen molar-refractivity contribution >= 4 is 11.6 Å². The first kappa shape index (κ1) is 13.5. The van der Waals surface area contributed by atoms with Crippen LogP contribution >= 0.6 is 11.6 Å². The molecule has 2 unspecified atom stereocenters. The number of rotatable bonds is 7. The van der Waals surface area contributed by atoms with Gasteiger partial charge < -0.3 is 0 Å². The van der Waals surface area contributed by atoms with Gasteiger partial charge in [-0.25, -0.2) is 0 Å². The summed E-state index contributed by atoms with van der Waals surface area (Å²) >= 11 is 5.95. The highest BCUT2D eigenvalue weighted by Crippen LogP contribution is 2.18. The zero-order valence-corrected chi connectivity index (χ0v) is 11.2. The molecular weight excluding hydrogens is 222 g/mol. The van der Waals surface area contributed by atoms with Crippen LogP contribution in [0.4, 0.5) is 0 Å². The van der Waals surface area contributed by atoms with Crippen molar-refractivity contribution in [1.82, 2.24) is 15.0 Å². The Morgan fingerprint density at radius 1 is 1.44 bits per heavy atom. The first-order chi connectivity index (χ1) is 7.67. The third-order valence-electron chi connectivity index (χ3n) is 2.95. The smallest absolute Gasteiger partial charge is 0.100 e. The van der Waals surface area contributed by atoms with Crippen molar-refractivity contribution in [3.8, 4) is 0 Å². The molecule has 4 heteroatoms. The Morgan fingerprint density at radius 3 is 2.69 bits per heavy atom. The normalized spacial score (nSPS) is 15.0. The van der Waals surface area contributed by atoms with Crippen molar-refractivity contribution < 1.29 is 0 Å². The molecule has 0 fully saturated rings. The average Bonchev–Trinajstić information content (AvgIpc) is 2.72. The molecule has 0 aliphatic carbocycles. The van der Waals surface area contributed by atoms with E-state index in [-0.39, 0.29) is 5.38 Å². The van der Waals surface area contributed by atoms with E-state index in [4.69, 9.17) is 11.6 Å². The van der Waals surface area contributed by atoms with Gasteiger partial charge in [-0.05, 0) is 19.3 Å². The molecule has 92 valence electrons. The quantitative estimate of drug-likeness (QED) is 0.682. The second kappa shape index (κ2) is 6.89. The van der Waals surface area contributed by atoms with E-state index in [2.05, 4.69) is 24.2 Å². The highest BCUT2D eigenvalue weighted by molar-refractivity contribution is 6.20. The molecule has 0 aliphatic heterocycles. The van der Waals surface area contributed by atoms with Crippen LogP contribution in [0.2, 0.25) is 0 Å². The fraction of sp³-hybridized carbons (Fsp3) is 0.833. The monoisotopic (exact) mass is 243 g/mol. The van der Waals surface area contributed by atoms with Gasteiger partial charge in [0.05, 0.1) is 5.38 Å². The zero-order chi connectivity index (χ0) is 12.0. The van der Waals surface area contributed by atoms with Crippen LogP contribution in [0.15, 0.2) is 6.20 Å². The number of aromatic nitrogens is 3. The van der Waals surface area contributed by atoms with Crippen LogP contribution in [0.1, 0.15) is 57.5 Å². The summed E-state index contributed by atoms with van der Waals surface area (Å²) in [4.78, 5) is 0. The molecule has 1 aromatic heterocycles. The summed E-state index contributed by atoms with van der Waals surface area (Å²) in [6.45, 7) is 7.36. The topological polar surface area (TPSA) is 30.7 Å². The molecule has 1 rings (SSSR count). The summed E-state index contributed by atoms with van der Waals surface area (Å²) in [6.07, 6.45) is 7.00. The fourth-order valence-corrected chi connectivity index (χ4v) is 1.87. The van der Waals surface area contributed by atoms with E-state index < -0.39 is 0 Å². The molecule has 1 aromatic rings. The number of alkyl halides is 1. The molecule has 0 radical (unpaired) electrons. The molecule has 0 spiro atoms. The van der Waals surface area contributed by atoms with Gasteiger partial charge in [-0.3, -0.25) is 4.68 Å². The average molecular weight is 244 g/mol. The van der Waals surface area contributed by atoms with Gasteiger partial charge in [0, 0.05) is 12.7 Å². The third-order valence-corrected chi connectivity index (χ3v) is 3.18. The van der Waals surface area contributed by atoms with E-state index in [1.165, 1.54) is 25.7 Å². The van der Waals surface area contributed by atoms with Gasteiger partial charge in [0.2, 0.25) is 0 Å². The van der Waals surface area contributed by atoms with Crippen LogP contribution in [-0.4, -0.2) is 15.0 Å². The lowest BCUT2D eigenvalue weighted by molar-refractivity contribution is 0.368. The summed E-state index contributed by atoms with van der Waals surface area (Å²) in [5, 5.41) is 8.13. The van der Waals surface area contributed by atoms with Crippen molar-refractivity contribution in [3.05, 3.63) is 11.9 Å². The molecule has 0 N–H and O–H groups in total. The lowest BCUT2D eigenvalue weighted by Gasteiger charge is -2.13. The largest absolute Gasteiger partial charge is 0.252 e. The van der Waals surface area contributed by atoms with Crippen LogP contribution in [0.5, 0.6) is 0 Å². The first-order valence-electron chi connectivity index (χ1n) is 6.21. The van der Waals surface area contributed by atoms with E-state index in [1.807, 2.05) is 17.8 Å². The van der Waals surface area contributed by atoms with Crippen molar-refractivity contribution in [3.63, 3.8) is 0 Å². The Labute approximate surface area is 103 Å². The predicted octanol–water partition coefficient (Wildman–Crippen LogP) is 3.79. The minimum absolute atomic E-state index is 0.0514. The minimum atomic E-state index is -0.0514. The second-order valence-electron chi connectivity index (χ2n) is 4.40. The SMILES string of the molecule is CCCCC(CC)Cn1cc(C(C)Cl)nn1. The molecule has 2 atom stereocenters. The standard InChI is InChI=1S/C12H22ClN3/c1-4-6-7-11(5-2)8-16-9-12(10(3)13)14-15-16/h9-11H,4-8H2,1-3H3. The van der Waals surface area contributed by atoms with Crippen LogP contribution in [0, 0.1) is 5.92 Å². The van der Waals surface area contributed by atoms with Gasteiger partial charge in [0.1, 0.15) is 5.69 Å². The Bertz CT molecular complexity index is 296. The second-order valence-corrected chi connectivity index (χ2v) is 5.05. The number of halogens is 1. The molecular formula is C12H22ClN3. The summed E-state index contributed by atoms with van der Waals surface area (Å²) in [5.41, 5.74) is 0.868. The van der Waals surface area contributed by atoms with Crippen molar-refractivity contribution in [2.24, 2.45) is 5.92 Å². The first-order valence-corrected chi connectivity index (χ1v) is 6.65. The van der Waals surface area contributed by atoms with E-state index >= 15 is 0 Å². The van der Waals surface area contributed by atoms with Crippen LogP contribution in [-0.2, 0) is 6.54 Å². The summed E-state index contributed by atoms with van der Waals surface area (Å²) < 4.78 is 1.93. The number of unbranched alkanes of at least 4 members (excludes halogenated alkanes) is 1. The third kappa shape index (κ3) is 4.12. The van der Waals surface area contributed by atoms with Crippen LogP contribution in [0.3, 0.4) is 0 Å². The van der Waals surface area contributed by atoms with Gasteiger partial charge in [-0.2, -0.15) is 0 Å². The van der Waals surface area contributed by atoms with Gasteiger partial charge in [-0.15, -0.1) is 16.7 Å². The highest BCUT2D eigenvalue weighted by Gasteiger charge is 2.10. The molecule has 1 heterocycles. The number of hydrogen-bond donors (Lipinski definition) is 0. The fourth-order valence-electron chi connectivity index (χ4n) is 1.77. The molecule has 0 saturated heterocycles. The van der Waals surface area contributed by atoms with E-state index in [0.29, 0.717) is 5.92 Å². The Kier molecular flexibility index (Phi) is 5.81. The summed E-state index contributed by atoms with van der Waals surface area (Å²) in [7, 11) is 0. The summed E-state index contributed by atoms with van der Waals surface area (Å²) in [5.74, 6) is 0.708. The molecule has 0 bridgehead atoms. The molecule has 0 saturated carbocycles. The number of nitrogens with zero attached hydrogens (tertiary/aromatic N) is 3. The lowest BCUT2D eigenvalue weighted by Crippen LogP contribution is -2.10. The van der Waals surface area contributed by atoms with Crippen LogP contribution in [0.25, 0.3) is 0 Å². The maximum atomic E-state index is 5.95. The zero-order valence-electron chi connectivity index (χ0n) is 10.5. The molecule has 0 amide bonds. The van der Waals surface area contributed by atoms with Gasteiger partial charge in [0.25, 0.3) is 0 Å². The Balaban J connectivity index is 2.49. The molecule has 3 nitrogen and oxygen atoms in total. The Hall–Kier alpha value is -0.570. The van der Waals surface area contributed by atoms with Gasteiger partial charge >= 0.3 is 0 Å². The highest BCUT2D eigenvalue weighted by atomic mass is 35.5. The molecule has 0 aromatic carbocycles. The van der Waals surface area contributed by atoms with Crippen LogP contribution < -0.4 is 0 Å². The van der Waals surface area contributed by atoms with Crippen molar-refractivity contribution in [2.75, 3.05) is 0 Å². The van der Waals surface area contributed by atoms with Gasteiger partial charge in [-0.1, -0.05) is 38.3 Å². The van der Waals surface area contributed by atoms with Crippen molar-refractivity contribution in [2.45, 2.75) is 58.4 Å². The van der Waals surface area contributed by atoms with E-state index in [9.17, 15) is 0 Å². The van der Waals surface area contributed by atoms with E-state index in [1.54, 1.807) is 0 Å². The maximum Gasteiger partial charge on any atom is 0.100 e. The van der Waals surface area contributed by atoms with Gasteiger partial charge in [0.15, 0.2) is 0 Å². The van der Waals surface area contributed by atoms with E-state index in [0.717, 1.165) is 12.2 Å². The van der Waals surface area contributed by atoms with Crippen molar-refractivity contribution in [1.29, 1.82) is 0 Å².